The number of carbonyl (C=O) groups is 1. The van der Waals surface area contributed by atoms with Gasteiger partial charge in [-0.05, 0) is 60.5 Å². The summed E-state index contributed by atoms with van der Waals surface area (Å²) in [5.41, 5.74) is 3.86. The van der Waals surface area contributed by atoms with Gasteiger partial charge in [0.25, 0.3) is 5.91 Å². The van der Waals surface area contributed by atoms with Gasteiger partial charge >= 0.3 is 0 Å². The zero-order chi connectivity index (χ0) is 25.5. The quantitative estimate of drug-likeness (QED) is 0.255. The number of fused-ring (bicyclic) bond motifs is 2. The first kappa shape index (κ1) is 23.1. The number of benzene rings is 4. The highest BCUT2D eigenvalue weighted by atomic mass is 35.5. The maximum Gasteiger partial charge on any atom is 0.295 e. The molecule has 1 atom stereocenters. The summed E-state index contributed by atoms with van der Waals surface area (Å²) >= 11 is 6.19. The van der Waals surface area contributed by atoms with E-state index in [0.29, 0.717) is 39.6 Å². The number of hydrogen-bond acceptors (Lipinski definition) is 4. The summed E-state index contributed by atoms with van der Waals surface area (Å²) in [4.78, 5) is 29.2. The molecule has 5 aromatic rings. The Morgan fingerprint density at radius 1 is 0.892 bits per heavy atom. The zero-order valence-corrected chi connectivity index (χ0v) is 20.7. The van der Waals surface area contributed by atoms with Gasteiger partial charge in [-0.15, -0.1) is 0 Å². The Balaban J connectivity index is 1.50. The van der Waals surface area contributed by atoms with Gasteiger partial charge in [-0.2, -0.15) is 0 Å². The van der Waals surface area contributed by atoms with E-state index in [2.05, 4.69) is 0 Å². The molecule has 1 unspecified atom stereocenters. The van der Waals surface area contributed by atoms with Crippen molar-refractivity contribution in [2.45, 2.75) is 19.6 Å². The van der Waals surface area contributed by atoms with E-state index in [-0.39, 0.29) is 17.1 Å². The molecule has 2 heterocycles. The Hall–Kier alpha value is -4.35. The SMILES string of the molecule is Cc1ccc(N2C(=O)c3oc4ccc(Cl)cc4c(=O)c3C2c2cccc(OCc3ccccc3)c2)cc1. The molecule has 0 fully saturated rings. The van der Waals surface area contributed by atoms with E-state index in [1.54, 1.807) is 23.1 Å². The Morgan fingerprint density at radius 2 is 1.68 bits per heavy atom. The fraction of sp³-hybridized carbons (Fsp3) is 0.0968. The van der Waals surface area contributed by atoms with Crippen molar-refractivity contribution >= 4 is 34.2 Å². The van der Waals surface area contributed by atoms with Crippen LogP contribution in [0.4, 0.5) is 5.69 Å². The minimum absolute atomic E-state index is 0.0426. The van der Waals surface area contributed by atoms with Crippen LogP contribution in [0.15, 0.2) is 106 Å². The molecule has 0 radical (unpaired) electrons. The highest BCUT2D eigenvalue weighted by Gasteiger charge is 2.43. The Kier molecular flexibility index (Phi) is 5.78. The molecule has 1 aliphatic rings. The van der Waals surface area contributed by atoms with Crippen molar-refractivity contribution in [3.8, 4) is 5.75 Å². The van der Waals surface area contributed by atoms with E-state index in [1.165, 1.54) is 0 Å². The predicted octanol–water partition coefficient (Wildman–Crippen LogP) is 7.08. The van der Waals surface area contributed by atoms with Crippen molar-refractivity contribution < 1.29 is 13.9 Å². The smallest absolute Gasteiger partial charge is 0.295 e. The average molecular weight is 508 g/mol. The van der Waals surface area contributed by atoms with Crippen LogP contribution in [-0.4, -0.2) is 5.91 Å². The molecule has 1 aromatic heterocycles. The standard InChI is InChI=1S/C31H22ClNO4/c1-19-10-13-23(14-11-19)33-28(21-8-5-9-24(16-21)36-18-20-6-3-2-4-7-20)27-29(34)25-17-22(32)12-15-26(25)37-30(27)31(33)35/h2-17,28H,18H2,1H3. The molecule has 0 spiro atoms. The normalized spacial score (nSPS) is 14.7. The predicted molar refractivity (Wildman–Crippen MR) is 145 cm³/mol. The van der Waals surface area contributed by atoms with E-state index in [0.717, 1.165) is 16.7 Å². The van der Waals surface area contributed by atoms with Crippen LogP contribution in [0.1, 0.15) is 38.9 Å². The van der Waals surface area contributed by atoms with E-state index < -0.39 is 6.04 Å². The summed E-state index contributed by atoms with van der Waals surface area (Å²) in [5, 5.41) is 0.763. The van der Waals surface area contributed by atoms with Crippen molar-refractivity contribution in [1.29, 1.82) is 0 Å². The molecular weight excluding hydrogens is 486 g/mol. The van der Waals surface area contributed by atoms with Gasteiger partial charge in [-0.1, -0.05) is 71.8 Å². The Morgan fingerprint density at radius 3 is 2.46 bits per heavy atom. The third-order valence-corrected chi connectivity index (χ3v) is 6.80. The summed E-state index contributed by atoms with van der Waals surface area (Å²) in [6.45, 7) is 2.38. The van der Waals surface area contributed by atoms with Crippen molar-refractivity contribution in [1.82, 2.24) is 0 Å². The average Bonchev–Trinajstić information content (AvgIpc) is 3.21. The summed E-state index contributed by atoms with van der Waals surface area (Å²) in [6, 6.07) is 29.2. The Labute approximate surface area is 218 Å². The number of halogens is 1. The number of amides is 1. The van der Waals surface area contributed by atoms with Gasteiger partial charge in [0, 0.05) is 10.7 Å². The molecule has 1 amide bonds. The van der Waals surface area contributed by atoms with Crippen molar-refractivity contribution in [3.63, 3.8) is 0 Å². The molecule has 6 rings (SSSR count). The molecule has 1 aliphatic heterocycles. The first-order valence-electron chi connectivity index (χ1n) is 11.9. The minimum atomic E-state index is -0.690. The van der Waals surface area contributed by atoms with E-state index in [1.807, 2.05) is 85.8 Å². The molecule has 37 heavy (non-hydrogen) atoms. The molecule has 0 aliphatic carbocycles. The van der Waals surface area contributed by atoms with E-state index >= 15 is 0 Å². The largest absolute Gasteiger partial charge is 0.489 e. The van der Waals surface area contributed by atoms with Crippen molar-refractivity contribution in [3.05, 3.63) is 140 Å². The minimum Gasteiger partial charge on any atom is -0.489 e. The first-order chi connectivity index (χ1) is 18.0. The third-order valence-electron chi connectivity index (χ3n) is 6.57. The molecule has 0 saturated carbocycles. The van der Waals surface area contributed by atoms with Crippen LogP contribution in [0.25, 0.3) is 11.0 Å². The highest BCUT2D eigenvalue weighted by Crippen LogP contribution is 2.42. The topological polar surface area (TPSA) is 59.8 Å². The number of carbonyl (C=O) groups excluding carboxylic acids is 1. The number of aryl methyl sites for hydroxylation is 1. The molecule has 4 aromatic carbocycles. The lowest BCUT2D eigenvalue weighted by Gasteiger charge is -2.25. The number of ether oxygens (including phenoxy) is 1. The van der Waals surface area contributed by atoms with Crippen LogP contribution in [0, 0.1) is 6.92 Å². The molecule has 0 N–H and O–H groups in total. The number of anilines is 1. The highest BCUT2D eigenvalue weighted by molar-refractivity contribution is 6.31. The first-order valence-corrected chi connectivity index (χ1v) is 12.3. The van der Waals surface area contributed by atoms with Gasteiger partial charge in [0.05, 0.1) is 17.0 Å². The zero-order valence-electron chi connectivity index (χ0n) is 20.0. The van der Waals surface area contributed by atoms with Crippen LogP contribution < -0.4 is 15.1 Å². The van der Waals surface area contributed by atoms with Crippen molar-refractivity contribution in [2.75, 3.05) is 4.90 Å². The van der Waals surface area contributed by atoms with Crippen LogP contribution in [0.2, 0.25) is 5.02 Å². The summed E-state index contributed by atoms with van der Waals surface area (Å²) in [5.74, 6) is 0.314. The second kappa shape index (κ2) is 9.26. The summed E-state index contributed by atoms with van der Waals surface area (Å²) in [7, 11) is 0. The monoisotopic (exact) mass is 507 g/mol. The van der Waals surface area contributed by atoms with Gasteiger partial charge in [-0.25, -0.2) is 0 Å². The van der Waals surface area contributed by atoms with E-state index in [9.17, 15) is 9.59 Å². The van der Waals surface area contributed by atoms with Crippen LogP contribution in [0.3, 0.4) is 0 Å². The Bertz CT molecular complexity index is 1690. The maximum absolute atomic E-state index is 13.8. The lowest BCUT2D eigenvalue weighted by molar-refractivity contribution is 0.0971. The molecule has 0 saturated heterocycles. The van der Waals surface area contributed by atoms with Crippen LogP contribution in [0.5, 0.6) is 5.75 Å². The number of nitrogens with zero attached hydrogens (tertiary/aromatic N) is 1. The van der Waals surface area contributed by atoms with Gasteiger partial charge in [-0.3, -0.25) is 14.5 Å². The molecule has 0 bridgehead atoms. The van der Waals surface area contributed by atoms with Gasteiger partial charge < -0.3 is 9.15 Å². The fourth-order valence-corrected chi connectivity index (χ4v) is 4.92. The number of rotatable bonds is 5. The maximum atomic E-state index is 13.8. The van der Waals surface area contributed by atoms with Gasteiger partial charge in [0.2, 0.25) is 5.76 Å². The summed E-state index contributed by atoms with van der Waals surface area (Å²) < 4.78 is 12.1. The molecule has 6 heteroatoms. The van der Waals surface area contributed by atoms with Gasteiger partial charge in [0.1, 0.15) is 17.9 Å². The molecule has 182 valence electrons. The van der Waals surface area contributed by atoms with Crippen LogP contribution in [-0.2, 0) is 6.61 Å². The third kappa shape index (κ3) is 4.17. The molecule has 5 nitrogen and oxygen atoms in total. The van der Waals surface area contributed by atoms with E-state index in [4.69, 9.17) is 20.8 Å². The second-order valence-corrected chi connectivity index (χ2v) is 9.51. The molecular formula is C31H22ClNO4. The summed E-state index contributed by atoms with van der Waals surface area (Å²) in [6.07, 6.45) is 0. The lowest BCUT2D eigenvalue weighted by atomic mass is 9.98. The van der Waals surface area contributed by atoms with Crippen LogP contribution >= 0.6 is 11.6 Å². The lowest BCUT2D eigenvalue weighted by Crippen LogP contribution is -2.29. The second-order valence-electron chi connectivity index (χ2n) is 9.07. The van der Waals surface area contributed by atoms with Gasteiger partial charge in [0.15, 0.2) is 5.43 Å². The fourth-order valence-electron chi connectivity index (χ4n) is 4.75. The van der Waals surface area contributed by atoms with Crippen molar-refractivity contribution in [2.24, 2.45) is 0 Å². The number of hydrogen-bond donors (Lipinski definition) is 0.